The molecule has 1 amide bonds. The van der Waals surface area contributed by atoms with Gasteiger partial charge in [-0.2, -0.15) is 0 Å². The van der Waals surface area contributed by atoms with Crippen molar-refractivity contribution in [2.24, 2.45) is 11.1 Å². The number of nitrogens with one attached hydrogen (secondary N) is 1. The number of carbonyl (C=O) groups is 1. The Morgan fingerprint density at radius 2 is 1.78 bits per heavy atom. The third-order valence-electron chi connectivity index (χ3n) is 4.15. The van der Waals surface area contributed by atoms with Gasteiger partial charge in [0.05, 0.1) is 6.04 Å². The highest BCUT2D eigenvalue weighted by molar-refractivity contribution is 5.82. The van der Waals surface area contributed by atoms with Crippen molar-refractivity contribution in [1.29, 1.82) is 0 Å². The van der Waals surface area contributed by atoms with Crippen LogP contribution in [0, 0.1) is 5.41 Å². The van der Waals surface area contributed by atoms with E-state index in [4.69, 9.17) is 5.73 Å². The maximum atomic E-state index is 12.0. The topological polar surface area (TPSA) is 58.4 Å². The fraction of sp³-hybridized carbons (Fsp3) is 0.929. The van der Waals surface area contributed by atoms with E-state index in [-0.39, 0.29) is 11.3 Å². The summed E-state index contributed by atoms with van der Waals surface area (Å²) in [6.45, 7) is 8.27. The van der Waals surface area contributed by atoms with Gasteiger partial charge in [0.25, 0.3) is 0 Å². The maximum Gasteiger partial charge on any atom is 0.237 e. The normalized spacial score (nSPS) is 24.9. The molecular formula is C14H27N3O. The average molecular weight is 253 g/mol. The van der Waals surface area contributed by atoms with E-state index < -0.39 is 6.04 Å². The molecule has 1 aliphatic carbocycles. The number of carbonyl (C=O) groups excluding carboxylic acids is 1. The molecule has 4 heteroatoms. The minimum absolute atomic E-state index is 0.00683. The first-order valence-corrected chi connectivity index (χ1v) is 7.18. The lowest BCUT2D eigenvalue weighted by atomic mass is 9.86. The van der Waals surface area contributed by atoms with Gasteiger partial charge in [0.1, 0.15) is 0 Å². The van der Waals surface area contributed by atoms with Crippen LogP contribution in [0.3, 0.4) is 0 Å². The van der Waals surface area contributed by atoms with E-state index in [1.165, 1.54) is 12.8 Å². The Bertz CT molecular complexity index is 299. The summed E-state index contributed by atoms with van der Waals surface area (Å²) in [4.78, 5) is 14.6. The van der Waals surface area contributed by atoms with E-state index in [1.807, 2.05) is 20.8 Å². The number of nitrogens with zero attached hydrogens (tertiary/aromatic N) is 1. The van der Waals surface area contributed by atoms with Gasteiger partial charge in [-0.25, -0.2) is 0 Å². The standard InChI is InChI=1S/C14H27N3O/c1-14(2,3)12(15)13(18)16-10-6-8-17(9-7-10)11-4-5-11/h10-12H,4-9,15H2,1-3H3,(H,16,18)/t12-/m0/s1. The van der Waals surface area contributed by atoms with Crippen LogP contribution in [0.25, 0.3) is 0 Å². The van der Waals surface area contributed by atoms with Crippen LogP contribution in [0.2, 0.25) is 0 Å². The Morgan fingerprint density at radius 3 is 2.22 bits per heavy atom. The minimum Gasteiger partial charge on any atom is -0.352 e. The monoisotopic (exact) mass is 253 g/mol. The predicted octanol–water partition coefficient (Wildman–Crippen LogP) is 1.10. The molecule has 0 aromatic carbocycles. The minimum atomic E-state index is -0.418. The summed E-state index contributed by atoms with van der Waals surface area (Å²) in [7, 11) is 0. The molecule has 18 heavy (non-hydrogen) atoms. The van der Waals surface area contributed by atoms with E-state index in [2.05, 4.69) is 10.2 Å². The van der Waals surface area contributed by atoms with E-state index >= 15 is 0 Å². The molecule has 0 spiro atoms. The molecule has 2 rings (SSSR count). The molecule has 1 saturated heterocycles. The van der Waals surface area contributed by atoms with Crippen LogP contribution < -0.4 is 11.1 Å². The summed E-state index contributed by atoms with van der Waals surface area (Å²) >= 11 is 0. The van der Waals surface area contributed by atoms with Gasteiger partial charge in [0.2, 0.25) is 5.91 Å². The van der Waals surface area contributed by atoms with Crippen molar-refractivity contribution >= 4 is 5.91 Å². The zero-order chi connectivity index (χ0) is 13.3. The Labute approximate surface area is 110 Å². The lowest BCUT2D eigenvalue weighted by Crippen LogP contribution is -2.53. The SMILES string of the molecule is CC(C)(C)[C@@H](N)C(=O)NC1CCN(C2CC2)CC1. The average Bonchev–Trinajstić information content (AvgIpc) is 3.11. The van der Waals surface area contributed by atoms with Crippen LogP contribution in [-0.4, -0.2) is 42.0 Å². The molecule has 0 aromatic rings. The summed E-state index contributed by atoms with van der Waals surface area (Å²) in [5.74, 6) is 0.00683. The van der Waals surface area contributed by atoms with Crippen molar-refractivity contribution < 1.29 is 4.79 Å². The summed E-state index contributed by atoms with van der Waals surface area (Å²) in [6, 6.07) is 0.748. The fourth-order valence-corrected chi connectivity index (χ4v) is 2.53. The van der Waals surface area contributed by atoms with Crippen LogP contribution in [0.15, 0.2) is 0 Å². The predicted molar refractivity (Wildman–Crippen MR) is 73.2 cm³/mol. The van der Waals surface area contributed by atoms with Crippen molar-refractivity contribution in [2.75, 3.05) is 13.1 Å². The Balaban J connectivity index is 1.75. The number of amides is 1. The lowest BCUT2D eigenvalue weighted by molar-refractivity contribution is -0.125. The molecule has 0 bridgehead atoms. The molecule has 2 fully saturated rings. The first kappa shape index (κ1) is 13.8. The number of rotatable bonds is 3. The molecule has 1 atom stereocenters. The van der Waals surface area contributed by atoms with Gasteiger partial charge in [0, 0.05) is 25.2 Å². The second-order valence-electron chi connectivity index (χ2n) is 6.89. The molecule has 3 N–H and O–H groups in total. The zero-order valence-corrected chi connectivity index (χ0v) is 11.9. The molecule has 1 saturated carbocycles. The summed E-state index contributed by atoms with van der Waals surface area (Å²) < 4.78 is 0. The van der Waals surface area contributed by atoms with Crippen molar-refractivity contribution in [3.05, 3.63) is 0 Å². The highest BCUT2D eigenvalue weighted by Crippen LogP contribution is 2.29. The molecule has 1 aliphatic heterocycles. The van der Waals surface area contributed by atoms with Gasteiger partial charge in [-0.05, 0) is 31.1 Å². The fourth-order valence-electron chi connectivity index (χ4n) is 2.53. The van der Waals surface area contributed by atoms with Crippen molar-refractivity contribution in [3.63, 3.8) is 0 Å². The Morgan fingerprint density at radius 1 is 1.22 bits per heavy atom. The smallest absolute Gasteiger partial charge is 0.237 e. The van der Waals surface area contributed by atoms with Crippen LogP contribution in [0.5, 0.6) is 0 Å². The number of nitrogens with two attached hydrogens (primary N) is 1. The van der Waals surface area contributed by atoms with Crippen molar-refractivity contribution in [1.82, 2.24) is 10.2 Å². The van der Waals surface area contributed by atoms with Crippen LogP contribution in [0.1, 0.15) is 46.5 Å². The van der Waals surface area contributed by atoms with E-state index in [0.29, 0.717) is 6.04 Å². The molecule has 1 heterocycles. The molecule has 0 radical (unpaired) electrons. The highest BCUT2D eigenvalue weighted by Gasteiger charge is 2.33. The van der Waals surface area contributed by atoms with Gasteiger partial charge >= 0.3 is 0 Å². The van der Waals surface area contributed by atoms with Gasteiger partial charge in [-0.15, -0.1) is 0 Å². The Kier molecular flexibility index (Phi) is 3.97. The van der Waals surface area contributed by atoms with Gasteiger partial charge in [-0.3, -0.25) is 4.79 Å². The van der Waals surface area contributed by atoms with Crippen LogP contribution in [0.4, 0.5) is 0 Å². The van der Waals surface area contributed by atoms with Crippen molar-refractivity contribution in [2.45, 2.75) is 64.6 Å². The highest BCUT2D eigenvalue weighted by atomic mass is 16.2. The number of hydrogen-bond acceptors (Lipinski definition) is 3. The molecule has 104 valence electrons. The van der Waals surface area contributed by atoms with E-state index in [0.717, 1.165) is 32.0 Å². The molecule has 2 aliphatic rings. The number of likely N-dealkylation sites (tertiary alicyclic amines) is 1. The second-order valence-corrected chi connectivity index (χ2v) is 6.89. The van der Waals surface area contributed by atoms with Crippen LogP contribution >= 0.6 is 0 Å². The largest absolute Gasteiger partial charge is 0.352 e. The van der Waals surface area contributed by atoms with E-state index in [1.54, 1.807) is 0 Å². The lowest BCUT2D eigenvalue weighted by Gasteiger charge is -2.34. The third kappa shape index (κ3) is 3.45. The Hall–Kier alpha value is -0.610. The van der Waals surface area contributed by atoms with Gasteiger partial charge in [-0.1, -0.05) is 20.8 Å². The first-order chi connectivity index (χ1) is 8.38. The number of hydrogen-bond donors (Lipinski definition) is 2. The third-order valence-corrected chi connectivity index (χ3v) is 4.15. The molecule has 4 nitrogen and oxygen atoms in total. The summed E-state index contributed by atoms with van der Waals surface area (Å²) in [6.07, 6.45) is 4.87. The molecule has 0 aromatic heterocycles. The van der Waals surface area contributed by atoms with Gasteiger partial charge in [0.15, 0.2) is 0 Å². The zero-order valence-electron chi connectivity index (χ0n) is 11.9. The maximum absolute atomic E-state index is 12.0. The summed E-state index contributed by atoms with van der Waals surface area (Å²) in [5.41, 5.74) is 5.81. The van der Waals surface area contributed by atoms with E-state index in [9.17, 15) is 4.79 Å². The quantitative estimate of drug-likeness (QED) is 0.792. The van der Waals surface area contributed by atoms with Crippen molar-refractivity contribution in [3.8, 4) is 0 Å². The van der Waals surface area contributed by atoms with Gasteiger partial charge < -0.3 is 16.0 Å². The second kappa shape index (κ2) is 5.17. The first-order valence-electron chi connectivity index (χ1n) is 7.18. The summed E-state index contributed by atoms with van der Waals surface area (Å²) in [5, 5.41) is 3.11. The molecular weight excluding hydrogens is 226 g/mol. The van der Waals surface area contributed by atoms with Crippen LogP contribution in [-0.2, 0) is 4.79 Å². The number of piperidine rings is 1. The molecule has 0 unspecified atom stereocenters.